The fourth-order valence-corrected chi connectivity index (χ4v) is 5.14. The van der Waals surface area contributed by atoms with Crippen LogP contribution in [0.25, 0.3) is 22.3 Å². The van der Waals surface area contributed by atoms with E-state index >= 15 is 0 Å². The number of fused-ring (bicyclic) bond motifs is 1. The molecule has 0 unspecified atom stereocenters. The Bertz CT molecular complexity index is 1520. The molecule has 0 amide bonds. The van der Waals surface area contributed by atoms with Gasteiger partial charge in [0.05, 0.1) is 7.11 Å². The molecule has 0 spiro atoms. The minimum absolute atomic E-state index is 0.0474. The molecule has 1 aliphatic carbocycles. The first-order valence-electron chi connectivity index (χ1n) is 13.3. The van der Waals surface area contributed by atoms with E-state index in [2.05, 4.69) is 102 Å². The maximum atomic E-state index is 13.9. The Balaban J connectivity index is 1.67. The average Bonchev–Trinajstić information content (AvgIpc) is 3.19. The van der Waals surface area contributed by atoms with Crippen LogP contribution in [0.5, 0.6) is 5.75 Å². The molecule has 1 aliphatic rings. The van der Waals surface area contributed by atoms with E-state index in [0.29, 0.717) is 0 Å². The topological polar surface area (TPSA) is 26.3 Å². The molecule has 0 radical (unpaired) electrons. The standard InChI is InChI=1S/C36H36O2/c1-35(2,3)27-15-8-23(9-16-27)26-14-21-30-31(22-26)32(24-12-19-29(38-7)20-13-24)33(34(30)37)25-10-17-28(18-11-25)36(4,5)6/h8-22H,1-7H3. The summed E-state index contributed by atoms with van der Waals surface area (Å²) in [5, 5.41) is 0. The first-order valence-corrected chi connectivity index (χ1v) is 13.3. The second kappa shape index (κ2) is 9.44. The van der Waals surface area contributed by atoms with Crippen LogP contribution in [0, 0.1) is 0 Å². The lowest BCUT2D eigenvalue weighted by molar-refractivity contribution is 0.105. The number of rotatable bonds is 4. The van der Waals surface area contributed by atoms with E-state index in [0.717, 1.165) is 50.3 Å². The van der Waals surface area contributed by atoms with Gasteiger partial charge in [-0.15, -0.1) is 0 Å². The SMILES string of the molecule is COc1ccc(C2=C(c3ccc(C(C)(C)C)cc3)C(=O)c3ccc(-c4ccc(C(C)(C)C)cc4)cc32)cc1. The van der Waals surface area contributed by atoms with Gasteiger partial charge in [-0.05, 0) is 74.0 Å². The Labute approximate surface area is 227 Å². The fourth-order valence-electron chi connectivity index (χ4n) is 5.14. The minimum Gasteiger partial charge on any atom is -0.497 e. The molecule has 0 fully saturated rings. The Morgan fingerprint density at radius 3 is 1.45 bits per heavy atom. The van der Waals surface area contributed by atoms with Crippen molar-refractivity contribution in [3.63, 3.8) is 0 Å². The summed E-state index contributed by atoms with van der Waals surface area (Å²) in [6, 6.07) is 31.5. The van der Waals surface area contributed by atoms with Crippen LogP contribution in [0.4, 0.5) is 0 Å². The largest absolute Gasteiger partial charge is 0.497 e. The van der Waals surface area contributed by atoms with Gasteiger partial charge < -0.3 is 4.74 Å². The second-order valence-electron chi connectivity index (χ2n) is 12.2. The van der Waals surface area contributed by atoms with E-state index < -0.39 is 0 Å². The molecule has 0 aromatic heterocycles. The van der Waals surface area contributed by atoms with Gasteiger partial charge in [0.2, 0.25) is 0 Å². The molecule has 0 atom stereocenters. The van der Waals surface area contributed by atoms with E-state index in [1.807, 2.05) is 30.3 Å². The summed E-state index contributed by atoms with van der Waals surface area (Å²) in [6.07, 6.45) is 0. The number of benzene rings is 4. The van der Waals surface area contributed by atoms with Gasteiger partial charge in [-0.25, -0.2) is 0 Å². The first-order chi connectivity index (χ1) is 18.0. The van der Waals surface area contributed by atoms with Crippen molar-refractivity contribution in [2.75, 3.05) is 7.11 Å². The van der Waals surface area contributed by atoms with Crippen molar-refractivity contribution < 1.29 is 9.53 Å². The molecule has 4 aromatic carbocycles. The van der Waals surface area contributed by atoms with Crippen molar-refractivity contribution in [2.45, 2.75) is 52.4 Å². The van der Waals surface area contributed by atoms with Gasteiger partial charge in [-0.2, -0.15) is 0 Å². The molecular formula is C36H36O2. The number of methoxy groups -OCH3 is 1. The Morgan fingerprint density at radius 2 is 0.947 bits per heavy atom. The van der Waals surface area contributed by atoms with Gasteiger partial charge in [0.1, 0.15) is 5.75 Å². The van der Waals surface area contributed by atoms with Crippen LogP contribution in [0.1, 0.15) is 79.7 Å². The van der Waals surface area contributed by atoms with Gasteiger partial charge in [0, 0.05) is 16.7 Å². The maximum absolute atomic E-state index is 13.9. The average molecular weight is 501 g/mol. The third kappa shape index (κ3) is 4.72. The van der Waals surface area contributed by atoms with E-state index in [9.17, 15) is 4.79 Å². The number of Topliss-reactive ketones (excluding diaryl/α,β-unsaturated/α-hetero) is 1. The molecule has 38 heavy (non-hydrogen) atoms. The molecule has 4 aromatic rings. The molecule has 5 rings (SSSR count). The van der Waals surface area contributed by atoms with Crippen LogP contribution in [0.3, 0.4) is 0 Å². The van der Waals surface area contributed by atoms with Crippen LogP contribution in [0.2, 0.25) is 0 Å². The zero-order valence-corrected chi connectivity index (χ0v) is 23.5. The quantitative estimate of drug-likeness (QED) is 0.279. The maximum Gasteiger partial charge on any atom is 0.194 e. The molecule has 0 heterocycles. The van der Waals surface area contributed by atoms with E-state index in [4.69, 9.17) is 4.74 Å². The van der Waals surface area contributed by atoms with Gasteiger partial charge >= 0.3 is 0 Å². The van der Waals surface area contributed by atoms with Crippen molar-refractivity contribution in [3.05, 3.63) is 124 Å². The first kappa shape index (κ1) is 25.7. The van der Waals surface area contributed by atoms with Gasteiger partial charge in [0.15, 0.2) is 5.78 Å². The number of ether oxygens (including phenoxy) is 1. The normalized spacial score (nSPS) is 13.6. The summed E-state index contributed by atoms with van der Waals surface area (Å²) >= 11 is 0. The second-order valence-corrected chi connectivity index (χ2v) is 12.2. The summed E-state index contributed by atoms with van der Waals surface area (Å²) < 4.78 is 5.41. The summed E-state index contributed by atoms with van der Waals surface area (Å²) in [5.41, 5.74) is 10.4. The monoisotopic (exact) mass is 500 g/mol. The van der Waals surface area contributed by atoms with Crippen LogP contribution in [0.15, 0.2) is 91.0 Å². The number of hydrogen-bond acceptors (Lipinski definition) is 2. The zero-order valence-electron chi connectivity index (χ0n) is 23.5. The molecule has 0 N–H and O–H groups in total. The summed E-state index contributed by atoms with van der Waals surface area (Å²) in [7, 11) is 1.67. The highest BCUT2D eigenvalue weighted by atomic mass is 16.5. The van der Waals surface area contributed by atoms with Crippen molar-refractivity contribution >= 4 is 16.9 Å². The third-order valence-electron chi connectivity index (χ3n) is 7.51. The number of carbonyl (C=O) groups excluding carboxylic acids is 1. The smallest absolute Gasteiger partial charge is 0.194 e. The predicted molar refractivity (Wildman–Crippen MR) is 159 cm³/mol. The molecule has 0 saturated heterocycles. The lowest BCUT2D eigenvalue weighted by Gasteiger charge is -2.19. The van der Waals surface area contributed by atoms with Gasteiger partial charge in [-0.3, -0.25) is 4.79 Å². The highest BCUT2D eigenvalue weighted by Gasteiger charge is 2.32. The lowest BCUT2D eigenvalue weighted by Crippen LogP contribution is -2.10. The molecular weight excluding hydrogens is 464 g/mol. The van der Waals surface area contributed by atoms with Crippen LogP contribution < -0.4 is 4.74 Å². The fraction of sp³-hybridized carbons (Fsp3) is 0.250. The van der Waals surface area contributed by atoms with E-state index in [-0.39, 0.29) is 16.6 Å². The van der Waals surface area contributed by atoms with E-state index in [1.165, 1.54) is 11.1 Å². The summed E-state index contributed by atoms with van der Waals surface area (Å²) in [4.78, 5) is 13.9. The number of hydrogen-bond donors (Lipinski definition) is 0. The minimum atomic E-state index is 0.0474. The molecule has 0 bridgehead atoms. The van der Waals surface area contributed by atoms with Gasteiger partial charge in [0.25, 0.3) is 0 Å². The van der Waals surface area contributed by atoms with Gasteiger partial charge in [-0.1, -0.05) is 108 Å². The molecule has 0 aliphatic heterocycles. The van der Waals surface area contributed by atoms with Crippen LogP contribution >= 0.6 is 0 Å². The number of carbonyl (C=O) groups is 1. The lowest BCUT2D eigenvalue weighted by atomic mass is 9.85. The molecule has 2 nitrogen and oxygen atoms in total. The highest BCUT2D eigenvalue weighted by Crippen LogP contribution is 2.44. The van der Waals surface area contributed by atoms with Crippen LogP contribution in [-0.2, 0) is 10.8 Å². The molecule has 2 heteroatoms. The molecule has 0 saturated carbocycles. The zero-order chi connectivity index (χ0) is 27.2. The number of ketones is 1. The summed E-state index contributed by atoms with van der Waals surface area (Å²) in [5.74, 6) is 0.867. The third-order valence-corrected chi connectivity index (χ3v) is 7.51. The predicted octanol–water partition coefficient (Wildman–Crippen LogP) is 9.11. The highest BCUT2D eigenvalue weighted by molar-refractivity contribution is 6.41. The van der Waals surface area contributed by atoms with Crippen molar-refractivity contribution in [1.29, 1.82) is 0 Å². The van der Waals surface area contributed by atoms with Crippen molar-refractivity contribution in [3.8, 4) is 16.9 Å². The van der Waals surface area contributed by atoms with Crippen molar-refractivity contribution in [2.24, 2.45) is 0 Å². The Hall–Kier alpha value is -3.91. The number of allylic oxidation sites excluding steroid dienone is 1. The molecule has 192 valence electrons. The Kier molecular flexibility index (Phi) is 6.39. The van der Waals surface area contributed by atoms with Crippen molar-refractivity contribution in [1.82, 2.24) is 0 Å². The van der Waals surface area contributed by atoms with E-state index in [1.54, 1.807) is 7.11 Å². The van der Waals surface area contributed by atoms with Crippen LogP contribution in [-0.4, -0.2) is 12.9 Å². The Morgan fingerprint density at radius 1 is 0.500 bits per heavy atom. The summed E-state index contributed by atoms with van der Waals surface area (Å²) in [6.45, 7) is 13.3.